The first-order valence-electron chi connectivity index (χ1n) is 13.2. The van der Waals surface area contributed by atoms with E-state index in [9.17, 15) is 4.79 Å². The number of carbonyl (C=O) groups excluding carboxylic acids is 1. The first-order valence-corrected chi connectivity index (χ1v) is 13.6. The molecule has 1 saturated heterocycles. The van der Waals surface area contributed by atoms with Crippen molar-refractivity contribution in [3.63, 3.8) is 0 Å². The van der Waals surface area contributed by atoms with Crippen molar-refractivity contribution >= 4 is 23.3 Å². The Morgan fingerprint density at radius 2 is 1.61 bits per heavy atom. The van der Waals surface area contributed by atoms with Crippen LogP contribution in [0.15, 0.2) is 72.8 Å². The van der Waals surface area contributed by atoms with Crippen molar-refractivity contribution in [2.24, 2.45) is 0 Å². The average molecular weight is 525 g/mol. The molecule has 3 aromatic carbocycles. The van der Waals surface area contributed by atoms with Crippen molar-refractivity contribution < 1.29 is 4.79 Å². The lowest BCUT2D eigenvalue weighted by atomic mass is 9.96. The van der Waals surface area contributed by atoms with Crippen molar-refractivity contribution in [2.75, 3.05) is 31.1 Å². The van der Waals surface area contributed by atoms with Crippen LogP contribution in [0.2, 0.25) is 5.02 Å². The molecule has 1 aliphatic heterocycles. The third-order valence-corrected chi connectivity index (χ3v) is 7.61. The van der Waals surface area contributed by atoms with Crippen LogP contribution >= 0.6 is 11.6 Å². The normalized spacial score (nSPS) is 13.6. The summed E-state index contributed by atoms with van der Waals surface area (Å²) in [6, 6.07) is 24.0. The molecule has 1 fully saturated rings. The number of aryl methyl sites for hydroxylation is 3. The molecule has 1 aromatic heterocycles. The van der Waals surface area contributed by atoms with E-state index < -0.39 is 0 Å². The predicted molar refractivity (Wildman–Crippen MR) is 155 cm³/mol. The molecule has 5 rings (SSSR count). The Balaban J connectivity index is 1.50. The lowest BCUT2D eigenvalue weighted by molar-refractivity contribution is 0.0746. The van der Waals surface area contributed by atoms with Crippen LogP contribution in [0.1, 0.15) is 45.2 Å². The number of hydrogen-bond acceptors (Lipinski definition) is 4. The number of aromatic nitrogens is 2. The molecule has 0 N–H and O–H groups in total. The number of hydrogen-bond donors (Lipinski definition) is 0. The van der Waals surface area contributed by atoms with Gasteiger partial charge in [0, 0.05) is 49.4 Å². The number of halogens is 1. The molecule has 0 unspecified atom stereocenters. The van der Waals surface area contributed by atoms with Crippen LogP contribution < -0.4 is 4.90 Å². The number of rotatable bonds is 6. The molecule has 5 nitrogen and oxygen atoms in total. The highest BCUT2D eigenvalue weighted by molar-refractivity contribution is 6.33. The third-order valence-electron chi connectivity index (χ3n) is 7.28. The zero-order valence-corrected chi connectivity index (χ0v) is 23.0. The van der Waals surface area contributed by atoms with Crippen LogP contribution in [-0.4, -0.2) is 47.0 Å². The van der Waals surface area contributed by atoms with Crippen molar-refractivity contribution in [1.29, 1.82) is 0 Å². The minimum Gasteiger partial charge on any atom is -0.353 e. The molecule has 0 aliphatic carbocycles. The minimum atomic E-state index is -0.0206. The average Bonchev–Trinajstić information content (AvgIpc) is 2.95. The number of carbonyl (C=O) groups is 1. The van der Waals surface area contributed by atoms with E-state index >= 15 is 0 Å². The van der Waals surface area contributed by atoms with Crippen LogP contribution in [-0.2, 0) is 12.8 Å². The molecule has 0 atom stereocenters. The van der Waals surface area contributed by atoms with Gasteiger partial charge in [0.1, 0.15) is 5.82 Å². The fraction of sp³-hybridized carbons (Fsp3) is 0.281. The van der Waals surface area contributed by atoms with E-state index in [1.54, 1.807) is 12.1 Å². The van der Waals surface area contributed by atoms with E-state index in [1.807, 2.05) is 35.2 Å². The molecular weight excluding hydrogens is 492 g/mol. The topological polar surface area (TPSA) is 49.3 Å². The summed E-state index contributed by atoms with van der Waals surface area (Å²) in [5.74, 6) is 1.70. The van der Waals surface area contributed by atoms with Gasteiger partial charge in [0.2, 0.25) is 0 Å². The fourth-order valence-corrected chi connectivity index (χ4v) is 5.29. The van der Waals surface area contributed by atoms with Crippen molar-refractivity contribution in [1.82, 2.24) is 14.9 Å². The van der Waals surface area contributed by atoms with Crippen molar-refractivity contribution in [3.05, 3.63) is 111 Å². The summed E-state index contributed by atoms with van der Waals surface area (Å²) in [7, 11) is 0. The Morgan fingerprint density at radius 3 is 2.32 bits per heavy atom. The molecule has 2 heterocycles. The summed E-state index contributed by atoms with van der Waals surface area (Å²) in [4.78, 5) is 27.6. The standard InChI is InChI=1S/C32H33ClN4O/c1-4-29-27(21-25-20-22(2)14-15-23(25)3)31(35-30(34-29)24-10-6-5-7-11-24)36-16-18-37(19-17-36)32(38)26-12-8-9-13-28(26)33/h5-15,20H,4,16-19,21H2,1-3H3. The Kier molecular flexibility index (Phi) is 7.75. The summed E-state index contributed by atoms with van der Waals surface area (Å²) >= 11 is 6.32. The highest BCUT2D eigenvalue weighted by atomic mass is 35.5. The molecule has 0 radical (unpaired) electrons. The Hall–Kier alpha value is -3.70. The monoisotopic (exact) mass is 524 g/mol. The maximum absolute atomic E-state index is 13.2. The number of piperazine rings is 1. The molecule has 194 valence electrons. The minimum absolute atomic E-state index is 0.0206. The Morgan fingerprint density at radius 1 is 0.895 bits per heavy atom. The molecule has 6 heteroatoms. The van der Waals surface area contributed by atoms with E-state index in [0.717, 1.165) is 35.7 Å². The Bertz CT molecular complexity index is 1450. The fourth-order valence-electron chi connectivity index (χ4n) is 5.08. The molecule has 38 heavy (non-hydrogen) atoms. The van der Waals surface area contributed by atoms with Gasteiger partial charge in [0.05, 0.1) is 10.6 Å². The zero-order valence-electron chi connectivity index (χ0n) is 22.2. The number of benzene rings is 3. The zero-order chi connectivity index (χ0) is 26.6. The molecule has 0 spiro atoms. The van der Waals surface area contributed by atoms with Gasteiger partial charge >= 0.3 is 0 Å². The molecule has 1 amide bonds. The molecule has 0 saturated carbocycles. The largest absolute Gasteiger partial charge is 0.353 e. The van der Waals surface area contributed by atoms with Crippen LogP contribution in [0.5, 0.6) is 0 Å². The lowest BCUT2D eigenvalue weighted by Gasteiger charge is -2.37. The highest BCUT2D eigenvalue weighted by Gasteiger charge is 2.27. The SMILES string of the molecule is CCc1nc(-c2ccccc2)nc(N2CCN(C(=O)c3ccccc3Cl)CC2)c1Cc1cc(C)ccc1C. The van der Waals surface area contributed by atoms with Gasteiger partial charge in [-0.3, -0.25) is 4.79 Å². The summed E-state index contributed by atoms with van der Waals surface area (Å²) < 4.78 is 0. The van der Waals surface area contributed by atoms with Gasteiger partial charge in [-0.25, -0.2) is 9.97 Å². The van der Waals surface area contributed by atoms with Crippen molar-refractivity contribution in [3.8, 4) is 11.4 Å². The van der Waals surface area contributed by atoms with Gasteiger partial charge in [-0.2, -0.15) is 0 Å². The predicted octanol–water partition coefficient (Wildman–Crippen LogP) is 6.53. The van der Waals surface area contributed by atoms with Gasteiger partial charge < -0.3 is 9.80 Å². The van der Waals surface area contributed by atoms with Gasteiger partial charge in [-0.15, -0.1) is 0 Å². The first-order chi connectivity index (χ1) is 18.4. The number of anilines is 1. The van der Waals surface area contributed by atoms with E-state index in [0.29, 0.717) is 36.8 Å². The summed E-state index contributed by atoms with van der Waals surface area (Å²) in [6.45, 7) is 9.08. The van der Waals surface area contributed by atoms with Gasteiger partial charge in [-0.1, -0.05) is 84.8 Å². The summed E-state index contributed by atoms with van der Waals surface area (Å²) in [5, 5.41) is 0.492. The molecule has 1 aliphatic rings. The van der Waals surface area contributed by atoms with Gasteiger partial charge in [0.25, 0.3) is 5.91 Å². The maximum Gasteiger partial charge on any atom is 0.255 e. The van der Waals surface area contributed by atoms with Gasteiger partial charge in [-0.05, 0) is 43.5 Å². The second-order valence-electron chi connectivity index (χ2n) is 9.88. The highest BCUT2D eigenvalue weighted by Crippen LogP contribution is 2.30. The van der Waals surface area contributed by atoms with E-state index in [-0.39, 0.29) is 5.91 Å². The molecule has 0 bridgehead atoms. The van der Waals surface area contributed by atoms with E-state index in [4.69, 9.17) is 21.6 Å². The molecule has 4 aromatic rings. The first kappa shape index (κ1) is 25.9. The van der Waals surface area contributed by atoms with E-state index in [1.165, 1.54) is 22.3 Å². The van der Waals surface area contributed by atoms with Crippen molar-refractivity contribution in [2.45, 2.75) is 33.6 Å². The van der Waals surface area contributed by atoms with Crippen LogP contribution in [0.3, 0.4) is 0 Å². The number of amides is 1. The quantitative estimate of drug-likeness (QED) is 0.288. The van der Waals surface area contributed by atoms with Crippen LogP contribution in [0.25, 0.3) is 11.4 Å². The second kappa shape index (κ2) is 11.4. The third kappa shape index (κ3) is 5.44. The van der Waals surface area contributed by atoms with Crippen LogP contribution in [0, 0.1) is 13.8 Å². The van der Waals surface area contributed by atoms with Crippen LogP contribution in [0.4, 0.5) is 5.82 Å². The summed E-state index contributed by atoms with van der Waals surface area (Å²) in [5.41, 5.74) is 7.62. The lowest BCUT2D eigenvalue weighted by Crippen LogP contribution is -2.49. The maximum atomic E-state index is 13.2. The summed E-state index contributed by atoms with van der Waals surface area (Å²) in [6.07, 6.45) is 1.60. The smallest absolute Gasteiger partial charge is 0.255 e. The molecular formula is C32H33ClN4O. The Labute approximate surface area is 230 Å². The van der Waals surface area contributed by atoms with E-state index in [2.05, 4.69) is 56.0 Å². The van der Waals surface area contributed by atoms with Gasteiger partial charge in [0.15, 0.2) is 5.82 Å². The number of nitrogens with zero attached hydrogens (tertiary/aromatic N) is 4. The second-order valence-corrected chi connectivity index (χ2v) is 10.3.